The number of nitrogens with zero attached hydrogens (tertiary/aromatic N) is 3. The fourth-order valence-corrected chi connectivity index (χ4v) is 1.83. The van der Waals surface area contributed by atoms with Gasteiger partial charge in [-0.25, -0.2) is 9.97 Å². The molecule has 0 amide bonds. The standard InChI is InChI=1S/C13H18N4O/c1-5-6-14-11-7-8(2)15-13(16-11)12-9(3)17-18-10(12)4/h7H,5-6H2,1-4H3,(H,14,15,16). The van der Waals surface area contributed by atoms with Gasteiger partial charge in [0.1, 0.15) is 11.6 Å². The highest BCUT2D eigenvalue weighted by molar-refractivity contribution is 5.61. The molecular formula is C13H18N4O. The molecule has 2 aromatic heterocycles. The molecule has 18 heavy (non-hydrogen) atoms. The van der Waals surface area contributed by atoms with Crippen molar-refractivity contribution in [1.29, 1.82) is 0 Å². The van der Waals surface area contributed by atoms with Crippen LogP contribution in [0.4, 0.5) is 5.82 Å². The van der Waals surface area contributed by atoms with Crippen molar-refractivity contribution in [2.45, 2.75) is 34.1 Å². The molecule has 0 aliphatic heterocycles. The second kappa shape index (κ2) is 5.16. The van der Waals surface area contributed by atoms with Gasteiger partial charge in [0.15, 0.2) is 5.82 Å². The molecule has 5 nitrogen and oxygen atoms in total. The molecule has 0 aliphatic rings. The van der Waals surface area contributed by atoms with Gasteiger partial charge in [-0.15, -0.1) is 0 Å². The average molecular weight is 246 g/mol. The summed E-state index contributed by atoms with van der Waals surface area (Å²) in [6.07, 6.45) is 1.06. The molecule has 0 bridgehead atoms. The smallest absolute Gasteiger partial charge is 0.167 e. The highest BCUT2D eigenvalue weighted by Gasteiger charge is 2.15. The van der Waals surface area contributed by atoms with E-state index in [4.69, 9.17) is 4.52 Å². The minimum atomic E-state index is 0.671. The van der Waals surface area contributed by atoms with E-state index in [9.17, 15) is 0 Å². The van der Waals surface area contributed by atoms with E-state index in [1.807, 2.05) is 26.8 Å². The highest BCUT2D eigenvalue weighted by Crippen LogP contribution is 2.24. The summed E-state index contributed by atoms with van der Waals surface area (Å²) in [4.78, 5) is 8.97. The molecule has 0 radical (unpaired) electrons. The summed E-state index contributed by atoms with van der Waals surface area (Å²) in [5.41, 5.74) is 2.64. The number of anilines is 1. The summed E-state index contributed by atoms with van der Waals surface area (Å²) in [6, 6.07) is 1.94. The summed E-state index contributed by atoms with van der Waals surface area (Å²) in [7, 11) is 0. The Morgan fingerprint density at radius 3 is 2.61 bits per heavy atom. The monoisotopic (exact) mass is 246 g/mol. The second-order valence-electron chi connectivity index (χ2n) is 4.34. The van der Waals surface area contributed by atoms with Crippen LogP contribution in [0.2, 0.25) is 0 Å². The van der Waals surface area contributed by atoms with Crippen LogP contribution in [0.3, 0.4) is 0 Å². The third-order valence-corrected chi connectivity index (χ3v) is 2.67. The van der Waals surface area contributed by atoms with Crippen molar-refractivity contribution in [3.05, 3.63) is 23.2 Å². The normalized spacial score (nSPS) is 10.7. The molecule has 0 saturated heterocycles. The maximum Gasteiger partial charge on any atom is 0.167 e. The fraction of sp³-hybridized carbons (Fsp3) is 0.462. The first-order valence-corrected chi connectivity index (χ1v) is 6.14. The molecule has 0 saturated carbocycles. The van der Waals surface area contributed by atoms with Crippen LogP contribution in [0.15, 0.2) is 10.6 Å². The highest BCUT2D eigenvalue weighted by atomic mass is 16.5. The van der Waals surface area contributed by atoms with Gasteiger partial charge in [0.25, 0.3) is 0 Å². The lowest BCUT2D eigenvalue weighted by Crippen LogP contribution is -2.04. The Balaban J connectivity index is 2.42. The zero-order valence-electron chi connectivity index (χ0n) is 11.2. The van der Waals surface area contributed by atoms with Crippen molar-refractivity contribution in [2.75, 3.05) is 11.9 Å². The van der Waals surface area contributed by atoms with Crippen molar-refractivity contribution < 1.29 is 4.52 Å². The van der Waals surface area contributed by atoms with E-state index in [0.717, 1.165) is 41.5 Å². The molecular weight excluding hydrogens is 228 g/mol. The molecule has 0 unspecified atom stereocenters. The third-order valence-electron chi connectivity index (χ3n) is 2.67. The van der Waals surface area contributed by atoms with Gasteiger partial charge < -0.3 is 9.84 Å². The molecule has 5 heteroatoms. The van der Waals surface area contributed by atoms with Crippen molar-refractivity contribution >= 4 is 5.82 Å². The summed E-state index contributed by atoms with van der Waals surface area (Å²) >= 11 is 0. The van der Waals surface area contributed by atoms with E-state index in [1.165, 1.54) is 0 Å². The Bertz CT molecular complexity index is 528. The summed E-state index contributed by atoms with van der Waals surface area (Å²) in [5, 5.41) is 7.21. The molecule has 0 aliphatic carbocycles. The van der Waals surface area contributed by atoms with Crippen LogP contribution in [0, 0.1) is 20.8 Å². The molecule has 0 spiro atoms. The van der Waals surface area contributed by atoms with E-state index in [1.54, 1.807) is 0 Å². The van der Waals surface area contributed by atoms with Gasteiger partial charge in [0.05, 0.1) is 11.3 Å². The zero-order chi connectivity index (χ0) is 13.1. The summed E-state index contributed by atoms with van der Waals surface area (Å²) < 4.78 is 5.16. The first-order chi connectivity index (χ1) is 8.61. The van der Waals surface area contributed by atoms with E-state index in [-0.39, 0.29) is 0 Å². The predicted molar refractivity (Wildman–Crippen MR) is 70.5 cm³/mol. The van der Waals surface area contributed by atoms with Gasteiger partial charge >= 0.3 is 0 Å². The molecule has 0 aromatic carbocycles. The first kappa shape index (κ1) is 12.5. The minimum Gasteiger partial charge on any atom is -0.370 e. The second-order valence-corrected chi connectivity index (χ2v) is 4.34. The van der Waals surface area contributed by atoms with E-state index in [0.29, 0.717) is 5.82 Å². The largest absolute Gasteiger partial charge is 0.370 e. The molecule has 0 atom stereocenters. The molecule has 2 rings (SSSR count). The molecule has 96 valence electrons. The maximum absolute atomic E-state index is 5.16. The minimum absolute atomic E-state index is 0.671. The summed E-state index contributed by atoms with van der Waals surface area (Å²) in [5.74, 6) is 2.27. The number of aromatic nitrogens is 3. The maximum atomic E-state index is 5.16. The van der Waals surface area contributed by atoms with E-state index < -0.39 is 0 Å². The number of hydrogen-bond donors (Lipinski definition) is 1. The molecule has 2 heterocycles. The van der Waals surface area contributed by atoms with Crippen molar-refractivity contribution in [3.63, 3.8) is 0 Å². The Labute approximate surface area is 107 Å². The number of hydrogen-bond acceptors (Lipinski definition) is 5. The van der Waals surface area contributed by atoms with Gasteiger partial charge in [0.2, 0.25) is 0 Å². The quantitative estimate of drug-likeness (QED) is 0.898. The first-order valence-electron chi connectivity index (χ1n) is 6.14. The fourth-order valence-electron chi connectivity index (χ4n) is 1.83. The third kappa shape index (κ3) is 2.50. The Morgan fingerprint density at radius 1 is 1.22 bits per heavy atom. The van der Waals surface area contributed by atoms with Crippen molar-refractivity contribution in [1.82, 2.24) is 15.1 Å². The Morgan fingerprint density at radius 2 is 2.00 bits per heavy atom. The van der Waals surface area contributed by atoms with Gasteiger partial charge in [0, 0.05) is 18.3 Å². The van der Waals surface area contributed by atoms with Crippen LogP contribution >= 0.6 is 0 Å². The van der Waals surface area contributed by atoms with Gasteiger partial charge in [-0.1, -0.05) is 12.1 Å². The molecule has 0 fully saturated rings. The molecule has 1 N–H and O–H groups in total. The number of nitrogens with one attached hydrogen (secondary N) is 1. The lowest BCUT2D eigenvalue weighted by atomic mass is 10.2. The Kier molecular flexibility index (Phi) is 3.60. The van der Waals surface area contributed by atoms with Crippen LogP contribution < -0.4 is 5.32 Å². The van der Waals surface area contributed by atoms with E-state index in [2.05, 4.69) is 27.4 Å². The van der Waals surface area contributed by atoms with Gasteiger partial charge in [-0.2, -0.15) is 0 Å². The lowest BCUT2D eigenvalue weighted by molar-refractivity contribution is 0.393. The topological polar surface area (TPSA) is 63.8 Å². The SMILES string of the molecule is CCCNc1cc(C)nc(-c2c(C)noc2C)n1. The lowest BCUT2D eigenvalue weighted by Gasteiger charge is -2.07. The molecule has 2 aromatic rings. The van der Waals surface area contributed by atoms with Crippen LogP contribution in [-0.4, -0.2) is 21.7 Å². The number of aryl methyl sites for hydroxylation is 3. The van der Waals surface area contributed by atoms with Crippen LogP contribution in [0.5, 0.6) is 0 Å². The van der Waals surface area contributed by atoms with Gasteiger partial charge in [-0.05, 0) is 27.2 Å². The summed E-state index contributed by atoms with van der Waals surface area (Å²) in [6.45, 7) is 8.76. The van der Waals surface area contributed by atoms with Crippen LogP contribution in [0.25, 0.3) is 11.4 Å². The van der Waals surface area contributed by atoms with Crippen molar-refractivity contribution in [3.8, 4) is 11.4 Å². The van der Waals surface area contributed by atoms with Crippen LogP contribution in [0.1, 0.15) is 30.5 Å². The number of rotatable bonds is 4. The zero-order valence-corrected chi connectivity index (χ0v) is 11.2. The van der Waals surface area contributed by atoms with E-state index >= 15 is 0 Å². The van der Waals surface area contributed by atoms with Crippen LogP contribution in [-0.2, 0) is 0 Å². The Hall–Kier alpha value is -1.91. The van der Waals surface area contributed by atoms with Gasteiger partial charge in [-0.3, -0.25) is 0 Å². The predicted octanol–water partition coefficient (Wildman–Crippen LogP) is 2.88. The van der Waals surface area contributed by atoms with Crippen molar-refractivity contribution in [2.24, 2.45) is 0 Å². The average Bonchev–Trinajstić information content (AvgIpc) is 2.66.